The van der Waals surface area contributed by atoms with Crippen molar-refractivity contribution in [3.8, 4) is 17.0 Å². The maximum atomic E-state index is 11.0. The third-order valence-electron chi connectivity index (χ3n) is 4.14. The number of carbonyl (C=O) groups is 1. The summed E-state index contributed by atoms with van der Waals surface area (Å²) in [5.74, 6) is -0.146. The van der Waals surface area contributed by atoms with Crippen LogP contribution in [0.1, 0.15) is 17.3 Å². The predicted molar refractivity (Wildman–Crippen MR) is 109 cm³/mol. The Bertz CT molecular complexity index is 1010. The minimum absolute atomic E-state index is 0.250. The molecule has 0 radical (unpaired) electrons. The Hall–Kier alpha value is -2.90. The second-order valence-corrected chi connectivity index (χ2v) is 6.82. The largest absolute Gasteiger partial charge is 0.491 e. The van der Waals surface area contributed by atoms with Gasteiger partial charge in [-0.3, -0.25) is 0 Å². The molecule has 0 fully saturated rings. The number of benzene rings is 2. The molecule has 6 nitrogen and oxygen atoms in total. The lowest BCUT2D eigenvalue weighted by Crippen LogP contribution is -2.14. The number of hydrogen-bond acceptors (Lipinski definition) is 5. The lowest BCUT2D eigenvalue weighted by atomic mass is 10.1. The average molecular weight is 398 g/mol. The van der Waals surface area contributed by atoms with Crippen LogP contribution >= 0.6 is 11.3 Å². The molecule has 0 aliphatic heterocycles. The van der Waals surface area contributed by atoms with Crippen molar-refractivity contribution >= 4 is 23.0 Å². The summed E-state index contributed by atoms with van der Waals surface area (Å²) in [5, 5.41) is 11.1. The second-order valence-electron chi connectivity index (χ2n) is 5.98. The number of aromatic nitrogens is 1. The van der Waals surface area contributed by atoms with E-state index in [1.165, 1.54) is 0 Å². The van der Waals surface area contributed by atoms with Gasteiger partial charge in [-0.25, -0.2) is 9.79 Å². The average Bonchev–Trinajstić information content (AvgIpc) is 3.11. The van der Waals surface area contributed by atoms with Gasteiger partial charge >= 0.3 is 5.97 Å². The maximum Gasteiger partial charge on any atom is 0.335 e. The van der Waals surface area contributed by atoms with Gasteiger partial charge in [0.25, 0.3) is 0 Å². The van der Waals surface area contributed by atoms with Crippen molar-refractivity contribution in [3.05, 3.63) is 64.3 Å². The highest BCUT2D eigenvalue weighted by Gasteiger charge is 2.08. The minimum atomic E-state index is -0.943. The van der Waals surface area contributed by atoms with Gasteiger partial charge in [-0.15, -0.1) is 11.3 Å². The van der Waals surface area contributed by atoms with E-state index >= 15 is 0 Å². The van der Waals surface area contributed by atoms with Gasteiger partial charge in [-0.05, 0) is 43.3 Å². The first-order valence-electron chi connectivity index (χ1n) is 8.91. The molecular weight excluding hydrogens is 376 g/mol. The van der Waals surface area contributed by atoms with E-state index in [-0.39, 0.29) is 5.56 Å². The van der Waals surface area contributed by atoms with Crippen LogP contribution in [0.15, 0.2) is 58.9 Å². The van der Waals surface area contributed by atoms with Crippen LogP contribution in [0, 0.1) is 0 Å². The van der Waals surface area contributed by atoms with Crippen LogP contribution in [0.5, 0.6) is 5.75 Å². The molecule has 0 spiro atoms. The molecule has 7 heteroatoms. The molecule has 0 unspecified atom stereocenters. The Morgan fingerprint density at radius 3 is 2.64 bits per heavy atom. The van der Waals surface area contributed by atoms with Crippen LogP contribution in [0.4, 0.5) is 5.69 Å². The fourth-order valence-electron chi connectivity index (χ4n) is 2.73. The number of carboxylic acid groups (broad SMARTS) is 1. The highest BCUT2D eigenvalue weighted by Crippen LogP contribution is 2.25. The Labute approximate surface area is 167 Å². The first kappa shape index (κ1) is 19.9. The SMILES string of the molecule is CCn1c(-c2cccc(OCCOC)c2)csc1=Nc1ccc(C(=O)O)cc1. The van der Waals surface area contributed by atoms with E-state index in [2.05, 4.69) is 21.9 Å². The van der Waals surface area contributed by atoms with Gasteiger partial charge in [-0.1, -0.05) is 12.1 Å². The second kappa shape index (κ2) is 9.34. The lowest BCUT2D eigenvalue weighted by Gasteiger charge is -2.09. The molecule has 28 heavy (non-hydrogen) atoms. The van der Waals surface area contributed by atoms with E-state index in [4.69, 9.17) is 14.6 Å². The molecule has 3 rings (SSSR count). The van der Waals surface area contributed by atoms with Gasteiger partial charge in [-0.2, -0.15) is 0 Å². The van der Waals surface area contributed by atoms with Crippen LogP contribution in [0.3, 0.4) is 0 Å². The van der Waals surface area contributed by atoms with Gasteiger partial charge in [0, 0.05) is 24.6 Å². The van der Waals surface area contributed by atoms with E-state index in [1.807, 2.05) is 24.3 Å². The summed E-state index contributed by atoms with van der Waals surface area (Å²) >= 11 is 1.55. The normalized spacial score (nSPS) is 11.6. The number of thiazole rings is 1. The third-order valence-corrected chi connectivity index (χ3v) is 5.00. The lowest BCUT2D eigenvalue weighted by molar-refractivity contribution is 0.0697. The molecule has 0 aliphatic carbocycles. The Kier molecular flexibility index (Phi) is 6.62. The van der Waals surface area contributed by atoms with E-state index in [1.54, 1.807) is 42.7 Å². The van der Waals surface area contributed by atoms with Gasteiger partial charge < -0.3 is 19.1 Å². The van der Waals surface area contributed by atoms with Crippen molar-refractivity contribution in [1.29, 1.82) is 0 Å². The summed E-state index contributed by atoms with van der Waals surface area (Å²) in [6.07, 6.45) is 0. The van der Waals surface area contributed by atoms with Crippen molar-refractivity contribution in [2.75, 3.05) is 20.3 Å². The van der Waals surface area contributed by atoms with Crippen molar-refractivity contribution in [2.24, 2.45) is 4.99 Å². The van der Waals surface area contributed by atoms with Crippen LogP contribution < -0.4 is 9.54 Å². The van der Waals surface area contributed by atoms with Crippen molar-refractivity contribution < 1.29 is 19.4 Å². The minimum Gasteiger partial charge on any atom is -0.491 e. The van der Waals surface area contributed by atoms with Crippen molar-refractivity contribution in [2.45, 2.75) is 13.5 Å². The van der Waals surface area contributed by atoms with E-state index < -0.39 is 5.97 Å². The number of rotatable bonds is 8. The van der Waals surface area contributed by atoms with E-state index in [9.17, 15) is 4.79 Å². The van der Waals surface area contributed by atoms with Crippen LogP contribution in [0.2, 0.25) is 0 Å². The quantitative estimate of drug-likeness (QED) is 0.578. The molecule has 0 aliphatic rings. The zero-order valence-corrected chi connectivity index (χ0v) is 16.6. The van der Waals surface area contributed by atoms with Gasteiger partial charge in [0.05, 0.1) is 23.6 Å². The molecule has 1 heterocycles. The number of methoxy groups -OCH3 is 1. The van der Waals surface area contributed by atoms with Gasteiger partial charge in [0.1, 0.15) is 12.4 Å². The number of ether oxygens (including phenoxy) is 2. The summed E-state index contributed by atoms with van der Waals surface area (Å²) < 4.78 is 12.9. The number of hydrogen-bond donors (Lipinski definition) is 1. The zero-order chi connectivity index (χ0) is 19.9. The Morgan fingerprint density at radius 1 is 1.18 bits per heavy atom. The van der Waals surface area contributed by atoms with Crippen LogP contribution in [-0.4, -0.2) is 36.0 Å². The molecule has 0 saturated heterocycles. The molecule has 0 atom stereocenters. The predicted octanol–water partition coefficient (Wildman–Crippen LogP) is 4.19. The van der Waals surface area contributed by atoms with Gasteiger partial charge in [0.15, 0.2) is 4.80 Å². The molecule has 1 N–H and O–H groups in total. The molecule has 0 amide bonds. The molecule has 1 aromatic heterocycles. The third kappa shape index (κ3) is 4.68. The number of nitrogens with zero attached hydrogens (tertiary/aromatic N) is 2. The summed E-state index contributed by atoms with van der Waals surface area (Å²) in [4.78, 5) is 16.5. The molecule has 3 aromatic rings. The highest BCUT2D eigenvalue weighted by atomic mass is 32.1. The van der Waals surface area contributed by atoms with E-state index in [0.29, 0.717) is 13.2 Å². The molecular formula is C21H22N2O4S. The highest BCUT2D eigenvalue weighted by molar-refractivity contribution is 7.07. The standard InChI is InChI=1S/C21H22N2O4S/c1-3-23-19(16-5-4-6-18(13-16)27-12-11-26-2)14-28-21(23)22-17-9-7-15(8-10-17)20(24)25/h4-10,13-14H,3,11-12H2,1-2H3,(H,24,25). The molecule has 0 bridgehead atoms. The van der Waals surface area contributed by atoms with Crippen LogP contribution in [-0.2, 0) is 11.3 Å². The van der Waals surface area contributed by atoms with Crippen molar-refractivity contribution in [1.82, 2.24) is 4.57 Å². The molecule has 146 valence electrons. The number of carboxylic acids is 1. The first-order chi connectivity index (χ1) is 13.6. The van der Waals surface area contributed by atoms with Gasteiger partial charge in [0.2, 0.25) is 0 Å². The number of aromatic carboxylic acids is 1. The smallest absolute Gasteiger partial charge is 0.335 e. The zero-order valence-electron chi connectivity index (χ0n) is 15.8. The summed E-state index contributed by atoms with van der Waals surface area (Å²) in [6.45, 7) is 3.88. The van der Waals surface area contributed by atoms with E-state index in [0.717, 1.165) is 34.0 Å². The summed E-state index contributed by atoms with van der Waals surface area (Å²) in [5.41, 5.74) is 3.08. The van der Waals surface area contributed by atoms with Crippen molar-refractivity contribution in [3.63, 3.8) is 0 Å². The fraction of sp³-hybridized carbons (Fsp3) is 0.238. The Balaban J connectivity index is 1.92. The fourth-order valence-corrected chi connectivity index (χ4v) is 3.73. The Morgan fingerprint density at radius 2 is 1.96 bits per heavy atom. The topological polar surface area (TPSA) is 73.0 Å². The monoisotopic (exact) mass is 398 g/mol. The summed E-state index contributed by atoms with van der Waals surface area (Å²) in [6, 6.07) is 14.5. The molecule has 0 saturated carbocycles. The van der Waals surface area contributed by atoms with Crippen LogP contribution in [0.25, 0.3) is 11.3 Å². The maximum absolute atomic E-state index is 11.0. The summed E-state index contributed by atoms with van der Waals surface area (Å²) in [7, 11) is 1.65. The molecule has 2 aromatic carbocycles. The first-order valence-corrected chi connectivity index (χ1v) is 9.79.